The van der Waals surface area contributed by atoms with Gasteiger partial charge in [0.25, 0.3) is 0 Å². The number of aryl methyl sites for hydroxylation is 1. The van der Waals surface area contributed by atoms with Crippen LogP contribution in [0.4, 0.5) is 0 Å². The van der Waals surface area contributed by atoms with E-state index in [9.17, 15) is 5.11 Å². The molecule has 0 aliphatic carbocycles. The summed E-state index contributed by atoms with van der Waals surface area (Å²) in [6, 6.07) is 10.7. The Morgan fingerprint density at radius 2 is 1.44 bits per heavy atom. The van der Waals surface area contributed by atoms with Crippen LogP contribution in [0.1, 0.15) is 75.3 Å². The highest BCUT2D eigenvalue weighted by Crippen LogP contribution is 2.46. The van der Waals surface area contributed by atoms with E-state index in [4.69, 9.17) is 4.74 Å². The Hall–Kier alpha value is -1.96. The van der Waals surface area contributed by atoms with E-state index >= 15 is 0 Å². The van der Waals surface area contributed by atoms with E-state index in [2.05, 4.69) is 78.8 Å². The summed E-state index contributed by atoms with van der Waals surface area (Å²) < 4.78 is 5.84. The largest absolute Gasteiger partial charge is 0.507 e. The van der Waals surface area contributed by atoms with E-state index in [-0.39, 0.29) is 16.7 Å². The van der Waals surface area contributed by atoms with Gasteiger partial charge in [-0.2, -0.15) is 0 Å². The van der Waals surface area contributed by atoms with E-state index in [1.807, 2.05) is 6.61 Å². The van der Waals surface area contributed by atoms with Gasteiger partial charge in [-0.25, -0.2) is 0 Å². The number of phenols is 1. The fourth-order valence-corrected chi connectivity index (χ4v) is 3.45. The Balaban J connectivity index is 2.19. The van der Waals surface area contributed by atoms with Gasteiger partial charge in [0.2, 0.25) is 0 Å². The highest BCUT2D eigenvalue weighted by molar-refractivity contribution is 5.55. The van der Waals surface area contributed by atoms with Gasteiger partial charge in [-0.1, -0.05) is 65.8 Å². The van der Waals surface area contributed by atoms with Crippen LogP contribution in [0, 0.1) is 13.5 Å². The molecule has 0 fully saturated rings. The second-order valence-electron chi connectivity index (χ2n) is 9.24. The van der Waals surface area contributed by atoms with Gasteiger partial charge in [-0.3, -0.25) is 0 Å². The van der Waals surface area contributed by atoms with Gasteiger partial charge < -0.3 is 9.84 Å². The molecule has 2 heteroatoms. The SMILES string of the molecule is Cc1ccc2c(c1)O[CH][C@H]2c1cc(C(C)(C)C)c(O)c(C(C)(C)C)c1. The molecule has 1 radical (unpaired) electrons. The standard InChI is InChI=1S/C23H29O2/c1-14-8-9-16-17(13-25-20(16)10-14)15-11-18(22(2,3)4)21(24)19(12-15)23(5,6)7/h8-13,17,24H,1-7H3/t17-/m0/s1. The molecule has 0 aromatic heterocycles. The Labute approximate surface area is 151 Å². The Morgan fingerprint density at radius 3 is 1.96 bits per heavy atom. The third-order valence-corrected chi connectivity index (χ3v) is 4.94. The second kappa shape index (κ2) is 5.79. The molecule has 0 saturated carbocycles. The van der Waals surface area contributed by atoms with Crippen LogP contribution in [0.2, 0.25) is 0 Å². The van der Waals surface area contributed by atoms with Crippen molar-refractivity contribution in [2.24, 2.45) is 0 Å². The first-order valence-electron chi connectivity index (χ1n) is 8.97. The van der Waals surface area contributed by atoms with Crippen LogP contribution >= 0.6 is 0 Å². The first-order valence-corrected chi connectivity index (χ1v) is 8.97. The van der Waals surface area contributed by atoms with Crippen molar-refractivity contribution in [3.8, 4) is 11.5 Å². The minimum Gasteiger partial charge on any atom is -0.507 e. The highest BCUT2D eigenvalue weighted by Gasteiger charge is 2.32. The zero-order chi connectivity index (χ0) is 18.6. The molecule has 1 heterocycles. The molecule has 0 spiro atoms. The minimum absolute atomic E-state index is 0.0957. The average molecular weight is 337 g/mol. The quantitative estimate of drug-likeness (QED) is 0.693. The van der Waals surface area contributed by atoms with Gasteiger partial charge in [-0.05, 0) is 46.1 Å². The predicted octanol–water partition coefficient (Wildman–Crippen LogP) is 5.98. The normalized spacial score (nSPS) is 17.3. The van der Waals surface area contributed by atoms with Crippen molar-refractivity contribution in [1.82, 2.24) is 0 Å². The molecule has 1 aliphatic heterocycles. The molecule has 0 saturated heterocycles. The van der Waals surface area contributed by atoms with Gasteiger partial charge in [0.05, 0.1) is 5.92 Å². The molecular weight excluding hydrogens is 308 g/mol. The lowest BCUT2D eigenvalue weighted by atomic mass is 9.76. The fourth-order valence-electron chi connectivity index (χ4n) is 3.45. The maximum Gasteiger partial charge on any atom is 0.147 e. The molecule has 1 atom stereocenters. The summed E-state index contributed by atoms with van der Waals surface area (Å²) in [4.78, 5) is 0. The first-order chi connectivity index (χ1) is 11.5. The van der Waals surface area contributed by atoms with E-state index in [1.54, 1.807) is 0 Å². The maximum absolute atomic E-state index is 10.9. The number of benzene rings is 2. The molecule has 1 N–H and O–H groups in total. The van der Waals surface area contributed by atoms with E-state index in [0.29, 0.717) is 5.75 Å². The maximum atomic E-state index is 10.9. The summed E-state index contributed by atoms with van der Waals surface area (Å²) in [5, 5.41) is 10.9. The van der Waals surface area contributed by atoms with Crippen molar-refractivity contribution in [3.05, 3.63) is 64.8 Å². The van der Waals surface area contributed by atoms with E-state index in [1.165, 1.54) is 16.7 Å². The molecule has 0 bridgehead atoms. The molecule has 0 unspecified atom stereocenters. The van der Waals surface area contributed by atoms with Crippen molar-refractivity contribution in [2.75, 3.05) is 0 Å². The highest BCUT2D eigenvalue weighted by atomic mass is 16.5. The van der Waals surface area contributed by atoms with Crippen LogP contribution in [0.3, 0.4) is 0 Å². The van der Waals surface area contributed by atoms with Gasteiger partial charge >= 0.3 is 0 Å². The van der Waals surface area contributed by atoms with Crippen molar-refractivity contribution in [1.29, 1.82) is 0 Å². The third kappa shape index (κ3) is 3.27. The molecule has 2 aromatic rings. The van der Waals surface area contributed by atoms with Crippen LogP contribution in [0.15, 0.2) is 30.3 Å². The van der Waals surface area contributed by atoms with Crippen molar-refractivity contribution in [3.63, 3.8) is 0 Å². The van der Waals surface area contributed by atoms with E-state index < -0.39 is 0 Å². The summed E-state index contributed by atoms with van der Waals surface area (Å²) in [5.41, 5.74) is 5.29. The fraction of sp³-hybridized carbons (Fsp3) is 0.435. The number of rotatable bonds is 1. The summed E-state index contributed by atoms with van der Waals surface area (Å²) >= 11 is 0. The zero-order valence-electron chi connectivity index (χ0n) is 16.4. The van der Waals surface area contributed by atoms with E-state index in [0.717, 1.165) is 16.9 Å². The summed E-state index contributed by atoms with van der Waals surface area (Å²) in [7, 11) is 0. The number of hydrogen-bond donors (Lipinski definition) is 1. The molecular formula is C23H29O2. The van der Waals surface area contributed by atoms with Crippen LogP contribution in [-0.4, -0.2) is 5.11 Å². The molecule has 0 amide bonds. The third-order valence-electron chi connectivity index (χ3n) is 4.94. The smallest absolute Gasteiger partial charge is 0.147 e. The molecule has 3 rings (SSSR count). The van der Waals surface area contributed by atoms with Crippen LogP contribution < -0.4 is 4.74 Å². The molecule has 1 aliphatic rings. The number of aromatic hydroxyl groups is 1. The Kier molecular flexibility index (Phi) is 4.14. The van der Waals surface area contributed by atoms with Crippen molar-refractivity contribution in [2.45, 2.75) is 65.2 Å². The van der Waals surface area contributed by atoms with Crippen molar-refractivity contribution >= 4 is 0 Å². The lowest BCUT2D eigenvalue weighted by Crippen LogP contribution is -2.18. The molecule has 2 nitrogen and oxygen atoms in total. The van der Waals surface area contributed by atoms with Gasteiger partial charge in [0, 0.05) is 5.56 Å². The molecule has 133 valence electrons. The summed E-state index contributed by atoms with van der Waals surface area (Å²) in [5.74, 6) is 1.46. The Bertz CT molecular complexity index is 769. The predicted molar refractivity (Wildman–Crippen MR) is 103 cm³/mol. The Morgan fingerprint density at radius 1 is 0.880 bits per heavy atom. The second-order valence-corrected chi connectivity index (χ2v) is 9.24. The van der Waals surface area contributed by atoms with Gasteiger partial charge in [-0.15, -0.1) is 0 Å². The first kappa shape index (κ1) is 17.8. The average Bonchev–Trinajstić information content (AvgIpc) is 2.88. The number of ether oxygens (including phenoxy) is 1. The lowest BCUT2D eigenvalue weighted by Gasteiger charge is -2.29. The minimum atomic E-state index is -0.129. The zero-order valence-corrected chi connectivity index (χ0v) is 16.4. The number of fused-ring (bicyclic) bond motifs is 1. The molecule has 25 heavy (non-hydrogen) atoms. The number of hydrogen-bond acceptors (Lipinski definition) is 2. The molecule has 2 aromatic carbocycles. The topological polar surface area (TPSA) is 29.5 Å². The van der Waals surface area contributed by atoms with Crippen LogP contribution in [0.5, 0.6) is 11.5 Å². The monoisotopic (exact) mass is 337 g/mol. The van der Waals surface area contributed by atoms with Crippen molar-refractivity contribution < 1.29 is 9.84 Å². The van der Waals surface area contributed by atoms with Crippen LogP contribution in [-0.2, 0) is 10.8 Å². The van der Waals surface area contributed by atoms with Gasteiger partial charge in [0.15, 0.2) is 0 Å². The summed E-state index contributed by atoms with van der Waals surface area (Å²) in [6.45, 7) is 16.8. The number of phenolic OH excluding ortho intramolecular Hbond substituents is 1. The van der Waals surface area contributed by atoms with Gasteiger partial charge in [0.1, 0.15) is 18.1 Å². The lowest BCUT2D eigenvalue weighted by molar-refractivity contribution is 0.416. The van der Waals surface area contributed by atoms with Crippen LogP contribution in [0.25, 0.3) is 0 Å². The summed E-state index contributed by atoms with van der Waals surface area (Å²) in [6.07, 6.45) is 0.